The van der Waals surface area contributed by atoms with E-state index in [1.165, 1.54) is 10.6 Å². The minimum Gasteiger partial charge on any atom is -0.310 e. The highest BCUT2D eigenvalue weighted by atomic mass is 16.2. The minimum absolute atomic E-state index is 0.0567. The third kappa shape index (κ3) is 3.98. The second-order valence-corrected chi connectivity index (χ2v) is 5.77. The Morgan fingerprint density at radius 2 is 1.72 bits per heavy atom. The molecule has 1 aromatic carbocycles. The first kappa shape index (κ1) is 16.6. The summed E-state index contributed by atoms with van der Waals surface area (Å²) in [5, 5.41) is 2.60. The lowest BCUT2D eigenvalue weighted by atomic mass is 10.2. The fourth-order valence-corrected chi connectivity index (χ4v) is 2.57. The van der Waals surface area contributed by atoms with Crippen LogP contribution in [0.3, 0.4) is 0 Å². The standard InChI is InChI=1S/C19H18N4O2/c1-13-11-14(2)21-19(20-13)22-17(24)16-9-6-10-23(18(16)25)12-15-7-4-3-5-8-15/h3-11H,12H2,1-2H3,(H,20,21,22,24). The van der Waals surface area contributed by atoms with Crippen LogP contribution in [0.4, 0.5) is 5.95 Å². The Morgan fingerprint density at radius 3 is 2.40 bits per heavy atom. The molecule has 0 atom stereocenters. The predicted molar refractivity (Wildman–Crippen MR) is 95.7 cm³/mol. The molecule has 1 amide bonds. The van der Waals surface area contributed by atoms with E-state index in [1.807, 2.05) is 50.2 Å². The summed E-state index contributed by atoms with van der Waals surface area (Å²) in [5.41, 5.74) is 2.18. The SMILES string of the molecule is Cc1cc(C)nc(NC(=O)c2cccn(Cc3ccccc3)c2=O)n1. The molecule has 126 valence electrons. The van der Waals surface area contributed by atoms with Gasteiger partial charge in [0.15, 0.2) is 0 Å². The van der Waals surface area contributed by atoms with Crippen LogP contribution >= 0.6 is 0 Å². The highest BCUT2D eigenvalue weighted by Gasteiger charge is 2.14. The number of aryl methyl sites for hydroxylation is 2. The van der Waals surface area contributed by atoms with E-state index in [0.29, 0.717) is 6.54 Å². The van der Waals surface area contributed by atoms with Gasteiger partial charge in [-0.05, 0) is 37.6 Å². The quantitative estimate of drug-likeness (QED) is 0.795. The molecule has 6 heteroatoms. The number of hydrogen-bond acceptors (Lipinski definition) is 4. The Balaban J connectivity index is 1.86. The third-order valence-electron chi connectivity index (χ3n) is 3.67. The summed E-state index contributed by atoms with van der Waals surface area (Å²) in [6.45, 7) is 4.04. The maximum absolute atomic E-state index is 12.6. The first-order chi connectivity index (χ1) is 12.0. The molecule has 2 heterocycles. The van der Waals surface area contributed by atoms with Crippen LogP contribution in [0.15, 0.2) is 59.5 Å². The molecule has 3 rings (SSSR count). The second-order valence-electron chi connectivity index (χ2n) is 5.77. The van der Waals surface area contributed by atoms with Crippen LogP contribution in [0.1, 0.15) is 27.3 Å². The summed E-state index contributed by atoms with van der Waals surface area (Å²) in [6.07, 6.45) is 1.67. The predicted octanol–water partition coefficient (Wildman–Crippen LogP) is 2.56. The molecule has 2 aromatic heterocycles. The maximum Gasteiger partial charge on any atom is 0.263 e. The van der Waals surface area contributed by atoms with Crippen LogP contribution in [0.25, 0.3) is 0 Å². The zero-order valence-corrected chi connectivity index (χ0v) is 14.1. The summed E-state index contributed by atoms with van der Waals surface area (Å²) < 4.78 is 1.51. The topological polar surface area (TPSA) is 76.9 Å². The molecule has 0 saturated carbocycles. The first-order valence-electron chi connectivity index (χ1n) is 7.90. The summed E-state index contributed by atoms with van der Waals surface area (Å²) in [5.74, 6) is -0.322. The molecular weight excluding hydrogens is 316 g/mol. The van der Waals surface area contributed by atoms with Crippen LogP contribution in [0.5, 0.6) is 0 Å². The van der Waals surface area contributed by atoms with Gasteiger partial charge in [0.05, 0.1) is 6.54 Å². The zero-order valence-electron chi connectivity index (χ0n) is 14.1. The van der Waals surface area contributed by atoms with Gasteiger partial charge in [0.1, 0.15) is 5.56 Å². The van der Waals surface area contributed by atoms with Gasteiger partial charge in [-0.15, -0.1) is 0 Å². The Hall–Kier alpha value is -3.28. The zero-order chi connectivity index (χ0) is 17.8. The smallest absolute Gasteiger partial charge is 0.263 e. The summed E-state index contributed by atoms with van der Waals surface area (Å²) in [6, 6.07) is 14.6. The van der Waals surface area contributed by atoms with E-state index in [-0.39, 0.29) is 17.1 Å². The van der Waals surface area contributed by atoms with Gasteiger partial charge in [0, 0.05) is 17.6 Å². The summed E-state index contributed by atoms with van der Waals surface area (Å²) >= 11 is 0. The van der Waals surface area contributed by atoms with Gasteiger partial charge in [-0.3, -0.25) is 14.9 Å². The number of carbonyl (C=O) groups is 1. The van der Waals surface area contributed by atoms with Crippen LogP contribution in [0, 0.1) is 13.8 Å². The molecule has 0 saturated heterocycles. The number of nitrogens with zero attached hydrogens (tertiary/aromatic N) is 3. The molecule has 3 aromatic rings. The summed E-state index contributed by atoms with van der Waals surface area (Å²) in [7, 11) is 0. The molecule has 6 nitrogen and oxygen atoms in total. The average Bonchev–Trinajstić information content (AvgIpc) is 2.56. The Kier molecular flexibility index (Phi) is 4.70. The molecule has 0 aliphatic carbocycles. The number of hydrogen-bond donors (Lipinski definition) is 1. The van der Waals surface area contributed by atoms with Crippen molar-refractivity contribution in [2.24, 2.45) is 0 Å². The van der Waals surface area contributed by atoms with Gasteiger partial charge in [-0.25, -0.2) is 9.97 Å². The number of carbonyl (C=O) groups excluding carboxylic acids is 1. The molecule has 0 bridgehead atoms. The Morgan fingerprint density at radius 1 is 1.04 bits per heavy atom. The number of aromatic nitrogens is 3. The van der Waals surface area contributed by atoms with Crippen molar-refractivity contribution in [2.75, 3.05) is 5.32 Å². The molecule has 0 aliphatic rings. The second kappa shape index (κ2) is 7.09. The lowest BCUT2D eigenvalue weighted by Gasteiger charge is -2.09. The number of nitrogens with one attached hydrogen (secondary N) is 1. The Bertz CT molecular complexity index is 944. The fourth-order valence-electron chi connectivity index (χ4n) is 2.57. The monoisotopic (exact) mass is 334 g/mol. The van der Waals surface area contributed by atoms with Crippen LogP contribution in [-0.4, -0.2) is 20.4 Å². The van der Waals surface area contributed by atoms with Gasteiger partial charge >= 0.3 is 0 Å². The highest BCUT2D eigenvalue weighted by Crippen LogP contribution is 2.06. The van der Waals surface area contributed by atoms with E-state index in [1.54, 1.807) is 12.3 Å². The third-order valence-corrected chi connectivity index (χ3v) is 3.67. The molecule has 0 fully saturated rings. The van der Waals surface area contributed by atoms with Crippen molar-refractivity contribution in [3.8, 4) is 0 Å². The van der Waals surface area contributed by atoms with Crippen molar-refractivity contribution in [3.63, 3.8) is 0 Å². The number of amides is 1. The van der Waals surface area contributed by atoms with E-state index < -0.39 is 5.91 Å². The number of benzene rings is 1. The van der Waals surface area contributed by atoms with Gasteiger partial charge in [-0.2, -0.15) is 0 Å². The molecule has 1 N–H and O–H groups in total. The molecule has 0 spiro atoms. The van der Waals surface area contributed by atoms with Gasteiger partial charge in [-0.1, -0.05) is 30.3 Å². The largest absolute Gasteiger partial charge is 0.310 e. The van der Waals surface area contributed by atoms with Crippen molar-refractivity contribution >= 4 is 11.9 Å². The van der Waals surface area contributed by atoms with E-state index in [9.17, 15) is 9.59 Å². The molecule has 25 heavy (non-hydrogen) atoms. The van der Waals surface area contributed by atoms with Crippen molar-refractivity contribution in [3.05, 3.63) is 87.6 Å². The summed E-state index contributed by atoms with van der Waals surface area (Å²) in [4.78, 5) is 33.4. The minimum atomic E-state index is -0.516. The van der Waals surface area contributed by atoms with Gasteiger partial charge < -0.3 is 4.57 Å². The molecule has 0 radical (unpaired) electrons. The van der Waals surface area contributed by atoms with E-state index in [2.05, 4.69) is 15.3 Å². The van der Waals surface area contributed by atoms with Crippen LogP contribution in [0.2, 0.25) is 0 Å². The molecule has 0 aliphatic heterocycles. The Labute approximate surface area is 145 Å². The normalized spacial score (nSPS) is 10.5. The molecule has 0 unspecified atom stereocenters. The number of rotatable bonds is 4. The van der Waals surface area contributed by atoms with Crippen molar-refractivity contribution in [1.82, 2.24) is 14.5 Å². The van der Waals surface area contributed by atoms with Gasteiger partial charge in [0.25, 0.3) is 11.5 Å². The van der Waals surface area contributed by atoms with Gasteiger partial charge in [0.2, 0.25) is 5.95 Å². The van der Waals surface area contributed by atoms with Crippen LogP contribution < -0.4 is 10.9 Å². The van der Waals surface area contributed by atoms with E-state index >= 15 is 0 Å². The van der Waals surface area contributed by atoms with E-state index in [0.717, 1.165) is 17.0 Å². The van der Waals surface area contributed by atoms with E-state index in [4.69, 9.17) is 0 Å². The van der Waals surface area contributed by atoms with Crippen LogP contribution in [-0.2, 0) is 6.54 Å². The van der Waals surface area contributed by atoms with Crippen molar-refractivity contribution in [2.45, 2.75) is 20.4 Å². The molecular formula is C19H18N4O2. The lowest BCUT2D eigenvalue weighted by Crippen LogP contribution is -2.29. The number of pyridine rings is 1. The average molecular weight is 334 g/mol. The maximum atomic E-state index is 12.6. The lowest BCUT2D eigenvalue weighted by molar-refractivity contribution is 0.102. The number of anilines is 1. The van der Waals surface area contributed by atoms with Crippen molar-refractivity contribution in [1.29, 1.82) is 0 Å². The first-order valence-corrected chi connectivity index (χ1v) is 7.90. The van der Waals surface area contributed by atoms with Crippen molar-refractivity contribution < 1.29 is 4.79 Å². The highest BCUT2D eigenvalue weighted by molar-refractivity contribution is 6.03. The fraction of sp³-hybridized carbons (Fsp3) is 0.158.